The summed E-state index contributed by atoms with van der Waals surface area (Å²) in [5.74, 6) is 0.665. The normalized spacial score (nSPS) is 16.9. The van der Waals surface area contributed by atoms with Gasteiger partial charge in [0.25, 0.3) is 0 Å². The number of carbonyl (C=O) groups excluding carboxylic acids is 1. The summed E-state index contributed by atoms with van der Waals surface area (Å²) in [6.07, 6.45) is 4.37. The number of nitrogens with zero attached hydrogens (tertiary/aromatic N) is 2. The predicted octanol–water partition coefficient (Wildman–Crippen LogP) is 3.94. The Bertz CT molecular complexity index is 805. The molecule has 3 aliphatic rings. The van der Waals surface area contributed by atoms with Crippen LogP contribution in [0.2, 0.25) is 0 Å². The lowest BCUT2D eigenvalue weighted by molar-refractivity contribution is -0.121. The van der Waals surface area contributed by atoms with E-state index in [-0.39, 0.29) is 12.1 Å². The number of piperidine rings is 1. The molecule has 0 bridgehead atoms. The molecule has 146 valence electrons. The summed E-state index contributed by atoms with van der Waals surface area (Å²) in [5, 5.41) is 12.0. The average molecular weight is 377 g/mol. The second-order valence-corrected chi connectivity index (χ2v) is 7.14. The molecule has 1 N–H and O–H groups in total. The summed E-state index contributed by atoms with van der Waals surface area (Å²) in [6, 6.07) is 17.9. The molecular formula is C23H27N3O2. The van der Waals surface area contributed by atoms with Gasteiger partial charge in [0.1, 0.15) is 11.8 Å². The van der Waals surface area contributed by atoms with Crippen molar-refractivity contribution in [2.24, 2.45) is 0 Å². The second-order valence-electron chi connectivity index (χ2n) is 7.14. The van der Waals surface area contributed by atoms with Crippen LogP contribution in [0.25, 0.3) is 11.1 Å². The molecule has 1 saturated heterocycles. The summed E-state index contributed by atoms with van der Waals surface area (Å²) < 4.78 is 5.70. The Balaban J connectivity index is 0.000000311. The molecule has 0 radical (unpaired) electrons. The molecule has 1 unspecified atom stereocenters. The van der Waals surface area contributed by atoms with E-state index in [0.29, 0.717) is 17.9 Å². The minimum Gasteiger partial charge on any atom is -0.492 e. The summed E-state index contributed by atoms with van der Waals surface area (Å²) in [7, 11) is 0. The number of nitriles is 1. The molecule has 1 aromatic rings. The standard InChI is InChI=1S/C17H23N3O2.C6H4/c1-14(21)19-17-9-4-5-10-20(17)11-6-12-22-16-8-3-2-7-15(16)13-18;1-2-6-4-3-5(1)6/h2-3,7-8,17H,4-6,9-12H2,1H3,(H,19,21);1-4H. The molecule has 2 aliphatic carbocycles. The highest BCUT2D eigenvalue weighted by Gasteiger charge is 2.22. The van der Waals surface area contributed by atoms with Gasteiger partial charge in [0.15, 0.2) is 0 Å². The monoisotopic (exact) mass is 377 g/mol. The van der Waals surface area contributed by atoms with Gasteiger partial charge in [0.05, 0.1) is 18.3 Å². The number of likely N-dealkylation sites (tertiary alicyclic amines) is 1. The summed E-state index contributed by atoms with van der Waals surface area (Å²) >= 11 is 0. The van der Waals surface area contributed by atoms with Gasteiger partial charge in [-0.2, -0.15) is 5.26 Å². The molecule has 1 fully saturated rings. The minimum atomic E-state index is 0.0242. The number of carbonyl (C=O) groups is 1. The van der Waals surface area contributed by atoms with Crippen LogP contribution in [0.5, 0.6) is 5.75 Å². The van der Waals surface area contributed by atoms with Crippen LogP contribution in [-0.2, 0) is 4.79 Å². The molecule has 0 aromatic heterocycles. The quantitative estimate of drug-likeness (QED) is 0.661. The van der Waals surface area contributed by atoms with Crippen molar-refractivity contribution in [3.8, 4) is 22.9 Å². The van der Waals surface area contributed by atoms with Crippen molar-refractivity contribution in [1.29, 1.82) is 5.26 Å². The van der Waals surface area contributed by atoms with Crippen molar-refractivity contribution in [3.05, 3.63) is 54.1 Å². The zero-order chi connectivity index (χ0) is 19.8. The van der Waals surface area contributed by atoms with Gasteiger partial charge in [0, 0.05) is 20.0 Å². The Hall–Kier alpha value is -2.84. The Morgan fingerprint density at radius 2 is 1.89 bits per heavy atom. The maximum absolute atomic E-state index is 11.2. The molecule has 0 saturated carbocycles. The van der Waals surface area contributed by atoms with E-state index in [0.717, 1.165) is 32.4 Å². The third-order valence-electron chi connectivity index (χ3n) is 5.06. The Kier molecular flexibility index (Phi) is 7.05. The lowest BCUT2D eigenvalue weighted by Crippen LogP contribution is -2.50. The number of benzene rings is 2. The molecule has 1 aromatic carbocycles. The lowest BCUT2D eigenvalue weighted by atomic mass is 9.95. The van der Waals surface area contributed by atoms with Crippen molar-refractivity contribution in [3.63, 3.8) is 0 Å². The number of ether oxygens (including phenoxy) is 1. The zero-order valence-corrected chi connectivity index (χ0v) is 16.4. The van der Waals surface area contributed by atoms with Crippen LogP contribution >= 0.6 is 0 Å². The molecule has 1 aliphatic heterocycles. The van der Waals surface area contributed by atoms with E-state index < -0.39 is 0 Å². The highest BCUT2D eigenvalue weighted by atomic mass is 16.5. The maximum atomic E-state index is 11.2. The van der Waals surface area contributed by atoms with Gasteiger partial charge in [-0.1, -0.05) is 36.4 Å². The van der Waals surface area contributed by atoms with Crippen molar-refractivity contribution < 1.29 is 9.53 Å². The van der Waals surface area contributed by atoms with Gasteiger partial charge < -0.3 is 10.1 Å². The fraction of sp³-hybridized carbons (Fsp3) is 0.391. The molecule has 5 heteroatoms. The van der Waals surface area contributed by atoms with Crippen LogP contribution in [0.3, 0.4) is 0 Å². The van der Waals surface area contributed by atoms with Crippen molar-refractivity contribution in [1.82, 2.24) is 10.2 Å². The van der Waals surface area contributed by atoms with Crippen LogP contribution in [0, 0.1) is 11.3 Å². The number of rotatable bonds is 6. The maximum Gasteiger partial charge on any atom is 0.218 e. The Morgan fingerprint density at radius 3 is 2.50 bits per heavy atom. The first kappa shape index (κ1) is 19.9. The van der Waals surface area contributed by atoms with Crippen LogP contribution in [0.15, 0.2) is 48.5 Å². The van der Waals surface area contributed by atoms with Crippen LogP contribution in [-0.4, -0.2) is 36.7 Å². The van der Waals surface area contributed by atoms with E-state index in [1.165, 1.54) is 17.5 Å². The molecule has 4 rings (SSSR count). The number of hydrogen-bond acceptors (Lipinski definition) is 4. The van der Waals surface area contributed by atoms with E-state index in [2.05, 4.69) is 40.6 Å². The fourth-order valence-corrected chi connectivity index (χ4v) is 3.45. The minimum absolute atomic E-state index is 0.0242. The van der Waals surface area contributed by atoms with Gasteiger partial charge in [-0.3, -0.25) is 9.69 Å². The molecule has 0 spiro atoms. The van der Waals surface area contributed by atoms with E-state index in [4.69, 9.17) is 10.00 Å². The highest BCUT2D eigenvalue weighted by molar-refractivity contribution is 5.75. The lowest BCUT2D eigenvalue weighted by Gasteiger charge is -2.35. The van der Waals surface area contributed by atoms with Crippen LogP contribution in [0.4, 0.5) is 0 Å². The Labute approximate surface area is 166 Å². The first-order valence-electron chi connectivity index (χ1n) is 9.91. The molecular weight excluding hydrogens is 350 g/mol. The number of nitrogens with one attached hydrogen (secondary N) is 1. The second kappa shape index (κ2) is 9.91. The third-order valence-corrected chi connectivity index (χ3v) is 5.06. The predicted molar refractivity (Wildman–Crippen MR) is 110 cm³/mol. The highest BCUT2D eigenvalue weighted by Crippen LogP contribution is 2.29. The number of para-hydroxylation sites is 1. The summed E-state index contributed by atoms with van der Waals surface area (Å²) in [5.41, 5.74) is 3.42. The molecule has 28 heavy (non-hydrogen) atoms. The molecule has 1 amide bonds. The topological polar surface area (TPSA) is 65.4 Å². The number of amides is 1. The van der Waals surface area contributed by atoms with Crippen molar-refractivity contribution >= 4 is 5.91 Å². The summed E-state index contributed by atoms with van der Waals surface area (Å²) in [6.45, 7) is 4.04. The number of fused-ring (bicyclic) bond motifs is 1. The molecule has 1 atom stereocenters. The molecule has 1 heterocycles. The van der Waals surface area contributed by atoms with Gasteiger partial charge >= 0.3 is 0 Å². The van der Waals surface area contributed by atoms with Crippen LogP contribution in [0.1, 0.15) is 38.2 Å². The van der Waals surface area contributed by atoms with Crippen LogP contribution < -0.4 is 10.1 Å². The third kappa shape index (κ3) is 5.34. The SMILES string of the molecule is CC(=O)NC1CCCCN1CCCOc1ccccc1C#N.c1cc2ccc1-2. The summed E-state index contributed by atoms with van der Waals surface area (Å²) in [4.78, 5) is 13.6. The van der Waals surface area contributed by atoms with Crippen molar-refractivity contribution in [2.45, 2.75) is 38.8 Å². The van der Waals surface area contributed by atoms with E-state index >= 15 is 0 Å². The van der Waals surface area contributed by atoms with E-state index in [9.17, 15) is 4.79 Å². The van der Waals surface area contributed by atoms with Crippen molar-refractivity contribution in [2.75, 3.05) is 19.7 Å². The largest absolute Gasteiger partial charge is 0.492 e. The van der Waals surface area contributed by atoms with Gasteiger partial charge in [-0.15, -0.1) is 0 Å². The van der Waals surface area contributed by atoms with E-state index in [1.54, 1.807) is 13.0 Å². The van der Waals surface area contributed by atoms with Gasteiger partial charge in [-0.25, -0.2) is 0 Å². The zero-order valence-electron chi connectivity index (χ0n) is 16.4. The van der Waals surface area contributed by atoms with E-state index in [1.807, 2.05) is 18.2 Å². The number of hydrogen-bond donors (Lipinski definition) is 1. The first-order valence-corrected chi connectivity index (χ1v) is 9.91. The smallest absolute Gasteiger partial charge is 0.218 e. The van der Waals surface area contributed by atoms with Gasteiger partial charge in [-0.05, 0) is 48.9 Å². The van der Waals surface area contributed by atoms with Gasteiger partial charge in [0.2, 0.25) is 5.91 Å². The average Bonchev–Trinajstić information content (AvgIpc) is 2.69. The fourth-order valence-electron chi connectivity index (χ4n) is 3.45. The first-order chi connectivity index (χ1) is 13.7. The molecule has 5 nitrogen and oxygen atoms in total. The Morgan fingerprint density at radius 1 is 1.18 bits per heavy atom.